The maximum Gasteiger partial charge on any atom is 0.252 e. The summed E-state index contributed by atoms with van der Waals surface area (Å²) in [5, 5.41) is 7.52. The van der Waals surface area contributed by atoms with Gasteiger partial charge in [0.1, 0.15) is 10.7 Å². The number of hydrogen-bond acceptors (Lipinski definition) is 4. The molecule has 0 spiro atoms. The average Bonchev–Trinajstić information content (AvgIpc) is 2.82. The van der Waals surface area contributed by atoms with Crippen molar-refractivity contribution >= 4 is 23.4 Å². The van der Waals surface area contributed by atoms with Gasteiger partial charge in [-0.25, -0.2) is 0 Å². The van der Waals surface area contributed by atoms with Gasteiger partial charge in [-0.3, -0.25) is 9.69 Å². The minimum atomic E-state index is -0.0961. The van der Waals surface area contributed by atoms with Gasteiger partial charge in [0.25, 0.3) is 5.88 Å². The van der Waals surface area contributed by atoms with Gasteiger partial charge < -0.3 is 4.52 Å². The summed E-state index contributed by atoms with van der Waals surface area (Å²) in [6.07, 6.45) is 0.328. The predicted molar refractivity (Wildman–Crippen MR) is 60.7 cm³/mol. The average molecular weight is 256 g/mol. The van der Waals surface area contributed by atoms with Crippen molar-refractivity contribution in [1.29, 1.82) is 0 Å². The molecule has 17 heavy (non-hydrogen) atoms. The number of halogens is 1. The molecule has 1 aromatic heterocycles. The van der Waals surface area contributed by atoms with Gasteiger partial charge in [0, 0.05) is 24.4 Å². The van der Waals surface area contributed by atoms with Crippen molar-refractivity contribution < 1.29 is 9.32 Å². The molecule has 0 N–H and O–H groups in total. The number of amides is 1. The van der Waals surface area contributed by atoms with E-state index in [1.807, 2.05) is 0 Å². The molecule has 0 aromatic carbocycles. The number of hydrogen-bond donors (Lipinski definition) is 0. The number of aryl methyl sites for hydroxylation is 1. The van der Waals surface area contributed by atoms with Gasteiger partial charge in [0.2, 0.25) is 5.91 Å². The highest BCUT2D eigenvalue weighted by Crippen LogP contribution is 2.33. The third-order valence-corrected chi connectivity index (χ3v) is 3.06. The summed E-state index contributed by atoms with van der Waals surface area (Å²) in [6, 6.07) is 0. The van der Waals surface area contributed by atoms with Crippen molar-refractivity contribution in [2.45, 2.75) is 13.3 Å². The predicted octanol–water partition coefficient (Wildman–Crippen LogP) is 2.30. The molecule has 2 rings (SSSR count). The zero-order valence-electron chi connectivity index (χ0n) is 9.13. The Morgan fingerprint density at radius 3 is 3.12 bits per heavy atom. The number of rotatable bonds is 3. The van der Waals surface area contributed by atoms with Crippen LogP contribution in [0.1, 0.15) is 12.1 Å². The monoisotopic (exact) mass is 255 g/mol. The number of anilines is 1. The van der Waals surface area contributed by atoms with E-state index in [1.165, 1.54) is 4.90 Å². The Bertz CT molecular complexity index is 494. The molecule has 1 aliphatic rings. The first-order valence-electron chi connectivity index (χ1n) is 5.06. The Morgan fingerprint density at radius 2 is 2.53 bits per heavy atom. The topological polar surface area (TPSA) is 95.1 Å². The molecule has 8 heteroatoms. The number of carbonyl (C=O) groups is 1. The van der Waals surface area contributed by atoms with Crippen molar-refractivity contribution in [3.8, 4) is 0 Å². The Labute approximate surface area is 102 Å². The molecule has 0 aliphatic carbocycles. The lowest BCUT2D eigenvalue weighted by molar-refractivity contribution is -0.117. The highest BCUT2D eigenvalue weighted by molar-refractivity contribution is 6.34. The lowest BCUT2D eigenvalue weighted by atomic mass is 10.1. The molecule has 1 atom stereocenters. The summed E-state index contributed by atoms with van der Waals surface area (Å²) in [7, 11) is 0. The quantitative estimate of drug-likeness (QED) is 0.471. The molecule has 1 unspecified atom stereocenters. The van der Waals surface area contributed by atoms with Crippen LogP contribution in [0.15, 0.2) is 9.64 Å². The fourth-order valence-electron chi connectivity index (χ4n) is 1.77. The zero-order valence-corrected chi connectivity index (χ0v) is 9.89. The molecule has 0 bridgehead atoms. The van der Waals surface area contributed by atoms with E-state index in [0.717, 1.165) is 0 Å². The van der Waals surface area contributed by atoms with Crippen molar-refractivity contribution in [3.63, 3.8) is 0 Å². The first-order valence-corrected chi connectivity index (χ1v) is 5.44. The molecule has 90 valence electrons. The van der Waals surface area contributed by atoms with Crippen LogP contribution >= 0.6 is 11.6 Å². The van der Waals surface area contributed by atoms with E-state index in [2.05, 4.69) is 15.2 Å². The maximum atomic E-state index is 11.8. The van der Waals surface area contributed by atoms with E-state index in [4.69, 9.17) is 21.7 Å². The Morgan fingerprint density at radius 1 is 1.76 bits per heavy atom. The lowest BCUT2D eigenvalue weighted by Gasteiger charge is -2.11. The molecule has 0 saturated carbocycles. The summed E-state index contributed by atoms with van der Waals surface area (Å²) in [5.74, 6) is 0.179. The highest BCUT2D eigenvalue weighted by Gasteiger charge is 2.34. The van der Waals surface area contributed by atoms with Crippen molar-refractivity contribution in [1.82, 2.24) is 5.16 Å². The Hall–Kier alpha value is -1.72. The van der Waals surface area contributed by atoms with Gasteiger partial charge in [0.15, 0.2) is 0 Å². The van der Waals surface area contributed by atoms with Gasteiger partial charge in [0.05, 0.1) is 0 Å². The molecule has 1 aliphatic heterocycles. The van der Waals surface area contributed by atoms with Gasteiger partial charge in [-0.15, -0.1) is 0 Å². The third-order valence-electron chi connectivity index (χ3n) is 2.63. The molecule has 0 radical (unpaired) electrons. The first kappa shape index (κ1) is 11.8. The number of carbonyl (C=O) groups excluding carboxylic acids is 1. The van der Waals surface area contributed by atoms with Crippen molar-refractivity contribution in [3.05, 3.63) is 21.2 Å². The van der Waals surface area contributed by atoms with Crippen LogP contribution in [0.4, 0.5) is 5.88 Å². The minimum absolute atomic E-state index is 0.000118. The summed E-state index contributed by atoms with van der Waals surface area (Å²) < 4.78 is 5.02. The smallest absolute Gasteiger partial charge is 0.252 e. The number of aromatic nitrogens is 1. The van der Waals surface area contributed by atoms with Crippen LogP contribution < -0.4 is 4.90 Å². The lowest BCUT2D eigenvalue weighted by Crippen LogP contribution is -2.24. The fraction of sp³-hybridized carbons (Fsp3) is 0.556. The van der Waals surface area contributed by atoms with Gasteiger partial charge in [-0.05, 0) is 18.4 Å². The van der Waals surface area contributed by atoms with E-state index in [-0.39, 0.29) is 17.7 Å². The molecular weight excluding hydrogens is 246 g/mol. The molecule has 1 saturated heterocycles. The van der Waals surface area contributed by atoms with E-state index >= 15 is 0 Å². The highest BCUT2D eigenvalue weighted by atomic mass is 35.5. The largest absolute Gasteiger partial charge is 0.336 e. The fourth-order valence-corrected chi connectivity index (χ4v) is 1.94. The third kappa shape index (κ3) is 2.20. The van der Waals surface area contributed by atoms with Crippen LogP contribution in [0.2, 0.25) is 5.02 Å². The molecule has 2 heterocycles. The van der Waals surface area contributed by atoms with Gasteiger partial charge >= 0.3 is 0 Å². The summed E-state index contributed by atoms with van der Waals surface area (Å²) in [5.41, 5.74) is 8.78. The van der Waals surface area contributed by atoms with E-state index in [1.54, 1.807) is 6.92 Å². The minimum Gasteiger partial charge on any atom is -0.336 e. The standard InChI is InChI=1S/C9H10ClN5O2/c1-5-8(10)9(17-13-5)15-4-6(2-7(15)16)3-12-14-11/h6H,2-4H2,1H3. The SMILES string of the molecule is Cc1noc(N2CC(CN=[N+]=[N-])CC2=O)c1Cl. The van der Waals surface area contributed by atoms with Gasteiger partial charge in [-0.1, -0.05) is 21.9 Å². The molecular formula is C9H10ClN5O2. The van der Waals surface area contributed by atoms with Crippen LogP contribution in [-0.4, -0.2) is 24.2 Å². The summed E-state index contributed by atoms with van der Waals surface area (Å²) >= 11 is 5.97. The number of nitrogens with zero attached hydrogens (tertiary/aromatic N) is 5. The molecule has 1 amide bonds. The number of azide groups is 1. The zero-order chi connectivity index (χ0) is 12.4. The Balaban J connectivity index is 2.15. The van der Waals surface area contributed by atoms with E-state index in [0.29, 0.717) is 30.2 Å². The second-order valence-corrected chi connectivity index (χ2v) is 4.25. The van der Waals surface area contributed by atoms with Crippen LogP contribution in [0.25, 0.3) is 10.4 Å². The van der Waals surface area contributed by atoms with Crippen LogP contribution in [0, 0.1) is 12.8 Å². The second kappa shape index (κ2) is 4.65. The molecule has 7 nitrogen and oxygen atoms in total. The van der Waals surface area contributed by atoms with E-state index < -0.39 is 0 Å². The van der Waals surface area contributed by atoms with Crippen LogP contribution in [0.3, 0.4) is 0 Å². The first-order chi connectivity index (χ1) is 8.13. The van der Waals surface area contributed by atoms with Crippen molar-refractivity contribution in [2.75, 3.05) is 18.0 Å². The Kier molecular flexibility index (Phi) is 3.21. The molecule has 1 fully saturated rings. The normalized spacial score (nSPS) is 19.5. The van der Waals surface area contributed by atoms with E-state index in [9.17, 15) is 4.79 Å². The summed E-state index contributed by atoms with van der Waals surface area (Å²) in [6.45, 7) is 2.43. The van der Waals surface area contributed by atoms with Gasteiger partial charge in [-0.2, -0.15) is 0 Å². The van der Waals surface area contributed by atoms with Crippen LogP contribution in [-0.2, 0) is 4.79 Å². The summed E-state index contributed by atoms with van der Waals surface area (Å²) in [4.78, 5) is 15.9. The maximum absolute atomic E-state index is 11.8. The van der Waals surface area contributed by atoms with Crippen molar-refractivity contribution in [2.24, 2.45) is 11.0 Å². The molecule has 1 aromatic rings. The second-order valence-electron chi connectivity index (χ2n) is 3.88. The van der Waals surface area contributed by atoms with Crippen LogP contribution in [0.5, 0.6) is 0 Å².